The summed E-state index contributed by atoms with van der Waals surface area (Å²) in [6, 6.07) is 4.66. The number of rotatable bonds is 4. The van der Waals surface area contributed by atoms with Gasteiger partial charge in [-0.3, -0.25) is 14.4 Å². The van der Waals surface area contributed by atoms with E-state index in [0.29, 0.717) is 18.1 Å². The Kier molecular flexibility index (Phi) is 3.74. The fraction of sp³-hybridized carbons (Fsp3) is 0.182. The molecule has 0 aromatic heterocycles. The molecule has 1 atom stereocenters. The lowest BCUT2D eigenvalue weighted by Gasteiger charge is -2.09. The number of benzene rings is 1. The highest BCUT2D eigenvalue weighted by molar-refractivity contribution is 6.31. The third kappa shape index (κ3) is 2.30. The average molecular weight is 225 g/mol. The van der Waals surface area contributed by atoms with Crippen LogP contribution < -0.4 is 0 Å². The molecule has 0 aliphatic carbocycles. The van der Waals surface area contributed by atoms with Crippen molar-refractivity contribution in [1.82, 2.24) is 0 Å². The quantitative estimate of drug-likeness (QED) is 0.582. The molecular formula is C11H9ClO3. The van der Waals surface area contributed by atoms with Crippen LogP contribution in [0, 0.1) is 0 Å². The van der Waals surface area contributed by atoms with Gasteiger partial charge in [-0.05, 0) is 12.5 Å². The summed E-state index contributed by atoms with van der Waals surface area (Å²) in [5.41, 5.74) is 0.806. The highest BCUT2D eigenvalue weighted by Crippen LogP contribution is 2.25. The summed E-state index contributed by atoms with van der Waals surface area (Å²) < 4.78 is 0. The molecule has 78 valence electrons. The molecule has 0 saturated heterocycles. The molecule has 0 spiro atoms. The zero-order chi connectivity index (χ0) is 11.4. The molecule has 1 aromatic carbocycles. The highest BCUT2D eigenvalue weighted by atomic mass is 35.5. The van der Waals surface area contributed by atoms with Crippen molar-refractivity contribution in [1.29, 1.82) is 0 Å². The number of Topliss-reactive ketones (excluding diaryl/α,β-unsaturated/α-hetero) is 1. The van der Waals surface area contributed by atoms with Gasteiger partial charge in [0.25, 0.3) is 0 Å². The van der Waals surface area contributed by atoms with E-state index < -0.39 is 5.38 Å². The number of alkyl halides is 1. The molecule has 0 heterocycles. The first-order valence-corrected chi connectivity index (χ1v) is 4.73. The Labute approximate surface area is 92.0 Å². The van der Waals surface area contributed by atoms with Crippen LogP contribution in [-0.4, -0.2) is 18.4 Å². The zero-order valence-electron chi connectivity index (χ0n) is 8.07. The number of aldehydes is 2. The first kappa shape index (κ1) is 11.6. The number of carbonyl (C=O) groups is 3. The van der Waals surface area contributed by atoms with Gasteiger partial charge in [-0.2, -0.15) is 0 Å². The van der Waals surface area contributed by atoms with Crippen LogP contribution in [0.3, 0.4) is 0 Å². The Hall–Kier alpha value is -1.48. The maximum Gasteiger partial charge on any atom is 0.152 e. The van der Waals surface area contributed by atoms with Crippen molar-refractivity contribution in [2.45, 2.75) is 12.3 Å². The average Bonchev–Trinajstić information content (AvgIpc) is 2.26. The van der Waals surface area contributed by atoms with Crippen LogP contribution in [0.1, 0.15) is 38.6 Å². The second-order valence-corrected chi connectivity index (χ2v) is 3.50. The van der Waals surface area contributed by atoms with Crippen molar-refractivity contribution in [2.24, 2.45) is 0 Å². The van der Waals surface area contributed by atoms with Crippen molar-refractivity contribution >= 4 is 30.0 Å². The van der Waals surface area contributed by atoms with Gasteiger partial charge in [0.15, 0.2) is 18.4 Å². The van der Waals surface area contributed by atoms with E-state index in [-0.39, 0.29) is 16.9 Å². The van der Waals surface area contributed by atoms with Gasteiger partial charge in [0.05, 0.1) is 0 Å². The summed E-state index contributed by atoms with van der Waals surface area (Å²) >= 11 is 5.83. The second-order valence-electron chi connectivity index (χ2n) is 3.06. The van der Waals surface area contributed by atoms with Crippen LogP contribution in [-0.2, 0) is 4.79 Å². The predicted molar refractivity (Wildman–Crippen MR) is 56.5 cm³/mol. The van der Waals surface area contributed by atoms with Gasteiger partial charge >= 0.3 is 0 Å². The molecule has 0 aliphatic rings. The van der Waals surface area contributed by atoms with Crippen molar-refractivity contribution in [3.05, 3.63) is 34.9 Å². The molecule has 0 N–H and O–H groups in total. The van der Waals surface area contributed by atoms with E-state index in [4.69, 9.17) is 11.6 Å². The van der Waals surface area contributed by atoms with E-state index in [0.717, 1.165) is 0 Å². The van der Waals surface area contributed by atoms with Crippen LogP contribution in [0.5, 0.6) is 0 Å². The predicted octanol–water partition coefficient (Wildman–Crippen LogP) is 2.18. The third-order valence-electron chi connectivity index (χ3n) is 2.05. The van der Waals surface area contributed by atoms with Crippen LogP contribution in [0.25, 0.3) is 0 Å². The Morgan fingerprint density at radius 2 is 2.00 bits per heavy atom. The van der Waals surface area contributed by atoms with E-state index in [1.54, 1.807) is 12.1 Å². The monoisotopic (exact) mass is 224 g/mol. The summed E-state index contributed by atoms with van der Waals surface area (Å²) in [5.74, 6) is -0.261. The zero-order valence-corrected chi connectivity index (χ0v) is 8.82. The molecule has 15 heavy (non-hydrogen) atoms. The first-order valence-electron chi connectivity index (χ1n) is 4.29. The van der Waals surface area contributed by atoms with Gasteiger partial charge in [0.1, 0.15) is 5.38 Å². The maximum absolute atomic E-state index is 11.1. The number of carbonyl (C=O) groups excluding carboxylic acids is 3. The third-order valence-corrected chi connectivity index (χ3v) is 2.59. The summed E-state index contributed by atoms with van der Waals surface area (Å²) in [7, 11) is 0. The first-order chi connectivity index (χ1) is 7.11. The molecule has 1 aromatic rings. The number of halogens is 1. The smallest absolute Gasteiger partial charge is 0.152 e. The van der Waals surface area contributed by atoms with Crippen LogP contribution in [0.15, 0.2) is 18.2 Å². The van der Waals surface area contributed by atoms with Crippen molar-refractivity contribution in [3.63, 3.8) is 0 Å². The topological polar surface area (TPSA) is 51.2 Å². The van der Waals surface area contributed by atoms with Gasteiger partial charge in [-0.15, -0.1) is 11.6 Å². The molecule has 0 bridgehead atoms. The van der Waals surface area contributed by atoms with Crippen molar-refractivity contribution in [2.75, 3.05) is 0 Å². The van der Waals surface area contributed by atoms with E-state index in [2.05, 4.69) is 0 Å². The minimum atomic E-state index is -0.884. The fourth-order valence-electron chi connectivity index (χ4n) is 1.28. The minimum Gasteiger partial charge on any atom is -0.298 e. The largest absolute Gasteiger partial charge is 0.298 e. The molecule has 0 aliphatic heterocycles. The van der Waals surface area contributed by atoms with E-state index in [9.17, 15) is 14.4 Å². The lowest BCUT2D eigenvalue weighted by atomic mass is 9.99. The standard InChI is InChI=1S/C11H9ClO3/c1-7(15)11(12)9-4-2-3-8(5-13)10(9)6-14/h2-6,11H,1H3. The molecule has 0 radical (unpaired) electrons. The lowest BCUT2D eigenvalue weighted by molar-refractivity contribution is -0.116. The summed E-state index contributed by atoms with van der Waals surface area (Å²) in [5, 5.41) is -0.884. The summed E-state index contributed by atoms with van der Waals surface area (Å²) in [4.78, 5) is 32.5. The number of ketones is 1. The molecule has 0 fully saturated rings. The Morgan fingerprint density at radius 3 is 2.47 bits per heavy atom. The van der Waals surface area contributed by atoms with Gasteiger partial charge in [-0.25, -0.2) is 0 Å². The second kappa shape index (κ2) is 4.84. The SMILES string of the molecule is CC(=O)C(Cl)c1cccc(C=O)c1C=O. The Balaban J connectivity index is 3.34. The molecule has 3 nitrogen and oxygen atoms in total. The van der Waals surface area contributed by atoms with Gasteiger partial charge in [-0.1, -0.05) is 18.2 Å². The molecule has 1 unspecified atom stereocenters. The summed E-state index contributed by atoms with van der Waals surface area (Å²) in [6.45, 7) is 1.33. The van der Waals surface area contributed by atoms with Crippen LogP contribution in [0.2, 0.25) is 0 Å². The molecule has 0 amide bonds. The molecule has 1 rings (SSSR count). The van der Waals surface area contributed by atoms with E-state index in [1.807, 2.05) is 0 Å². The minimum absolute atomic E-state index is 0.183. The molecule has 0 saturated carbocycles. The number of hydrogen-bond acceptors (Lipinski definition) is 3. The Morgan fingerprint density at radius 1 is 1.33 bits per heavy atom. The molecule has 4 heteroatoms. The van der Waals surface area contributed by atoms with Gasteiger partial charge in [0, 0.05) is 11.1 Å². The van der Waals surface area contributed by atoms with Crippen molar-refractivity contribution < 1.29 is 14.4 Å². The van der Waals surface area contributed by atoms with Gasteiger partial charge < -0.3 is 0 Å². The number of hydrogen-bond donors (Lipinski definition) is 0. The summed E-state index contributed by atoms with van der Waals surface area (Å²) in [6.07, 6.45) is 1.11. The molecular weight excluding hydrogens is 216 g/mol. The maximum atomic E-state index is 11.1. The van der Waals surface area contributed by atoms with Crippen LogP contribution >= 0.6 is 11.6 Å². The van der Waals surface area contributed by atoms with E-state index in [1.165, 1.54) is 13.0 Å². The van der Waals surface area contributed by atoms with Crippen LogP contribution in [0.4, 0.5) is 0 Å². The Bertz CT molecular complexity index is 412. The fourth-order valence-corrected chi connectivity index (χ4v) is 1.47. The normalized spacial score (nSPS) is 11.9. The van der Waals surface area contributed by atoms with E-state index >= 15 is 0 Å². The van der Waals surface area contributed by atoms with Gasteiger partial charge in [0.2, 0.25) is 0 Å². The van der Waals surface area contributed by atoms with Crippen molar-refractivity contribution in [3.8, 4) is 0 Å². The lowest BCUT2D eigenvalue weighted by Crippen LogP contribution is -2.06. The highest BCUT2D eigenvalue weighted by Gasteiger charge is 2.18.